The molecular weight excluding hydrogens is 198 g/mol. The number of fused-ring (bicyclic) bond motifs is 1. The number of rotatable bonds is 2. The Morgan fingerprint density at radius 2 is 2.00 bits per heavy atom. The molecule has 1 fully saturated rings. The molecule has 1 N–H and O–H groups in total. The van der Waals surface area contributed by atoms with Crippen LogP contribution in [0.25, 0.3) is 10.8 Å². The summed E-state index contributed by atoms with van der Waals surface area (Å²) in [6, 6.07) is 10.3. The van der Waals surface area contributed by atoms with Crippen molar-refractivity contribution in [2.75, 3.05) is 6.61 Å². The second kappa shape index (κ2) is 3.56. The second-order valence-electron chi connectivity index (χ2n) is 4.67. The van der Waals surface area contributed by atoms with Gasteiger partial charge >= 0.3 is 0 Å². The lowest BCUT2D eigenvalue weighted by molar-refractivity contribution is 0.118. The highest BCUT2D eigenvalue weighted by atomic mass is 16.3. The maximum absolute atomic E-state index is 9.61. The number of benzene rings is 1. The first-order valence-corrected chi connectivity index (χ1v) is 5.81. The van der Waals surface area contributed by atoms with E-state index in [0.717, 1.165) is 18.5 Å². The SMILES string of the molecule is OCC1(c2nccc3ccccc23)CCC1. The number of aromatic nitrogens is 1. The summed E-state index contributed by atoms with van der Waals surface area (Å²) in [7, 11) is 0. The second-order valence-corrected chi connectivity index (χ2v) is 4.67. The standard InChI is InChI=1S/C14H15NO/c16-10-14(7-3-8-14)13-12-5-2-1-4-11(12)6-9-15-13/h1-2,4-6,9,16H,3,7-8,10H2. The fourth-order valence-corrected chi connectivity index (χ4v) is 2.62. The van der Waals surface area contributed by atoms with Gasteiger partial charge in [0.1, 0.15) is 0 Å². The Kier molecular flexibility index (Phi) is 2.18. The zero-order valence-electron chi connectivity index (χ0n) is 9.19. The Morgan fingerprint density at radius 3 is 2.69 bits per heavy atom. The van der Waals surface area contributed by atoms with Crippen LogP contribution in [0.2, 0.25) is 0 Å². The molecule has 1 aliphatic carbocycles. The van der Waals surface area contributed by atoms with E-state index in [-0.39, 0.29) is 12.0 Å². The van der Waals surface area contributed by atoms with Crippen LogP contribution in [-0.2, 0) is 5.41 Å². The van der Waals surface area contributed by atoms with Crippen LogP contribution >= 0.6 is 0 Å². The van der Waals surface area contributed by atoms with Crippen LogP contribution in [0, 0.1) is 0 Å². The molecule has 1 heterocycles. The number of aliphatic hydroxyl groups excluding tert-OH is 1. The first-order valence-electron chi connectivity index (χ1n) is 5.81. The van der Waals surface area contributed by atoms with Crippen LogP contribution in [0.1, 0.15) is 25.0 Å². The van der Waals surface area contributed by atoms with E-state index in [1.807, 2.05) is 24.4 Å². The lowest BCUT2D eigenvalue weighted by Gasteiger charge is -2.40. The van der Waals surface area contributed by atoms with Crippen molar-refractivity contribution in [2.24, 2.45) is 0 Å². The van der Waals surface area contributed by atoms with Gasteiger partial charge in [-0.25, -0.2) is 0 Å². The summed E-state index contributed by atoms with van der Waals surface area (Å²) in [5, 5.41) is 12.0. The number of aliphatic hydroxyl groups is 1. The molecule has 2 nitrogen and oxygen atoms in total. The highest BCUT2D eigenvalue weighted by Crippen LogP contribution is 2.44. The van der Waals surface area contributed by atoms with Gasteiger partial charge in [0.2, 0.25) is 0 Å². The van der Waals surface area contributed by atoms with Crippen LogP contribution in [0.4, 0.5) is 0 Å². The first-order chi connectivity index (χ1) is 7.86. The minimum atomic E-state index is -0.0686. The zero-order chi connectivity index (χ0) is 11.0. The molecule has 1 aromatic heterocycles. The molecular formula is C14H15NO. The fourth-order valence-electron chi connectivity index (χ4n) is 2.62. The molecule has 0 radical (unpaired) electrons. The van der Waals surface area contributed by atoms with Gasteiger partial charge in [-0.3, -0.25) is 4.98 Å². The molecule has 0 spiro atoms. The third-order valence-electron chi connectivity index (χ3n) is 3.79. The molecule has 1 saturated carbocycles. The maximum atomic E-state index is 9.61. The first kappa shape index (κ1) is 9.79. The van der Waals surface area contributed by atoms with Crippen molar-refractivity contribution in [1.29, 1.82) is 0 Å². The molecule has 0 amide bonds. The number of pyridine rings is 1. The summed E-state index contributed by atoms with van der Waals surface area (Å²) in [5.41, 5.74) is 1.01. The van der Waals surface area contributed by atoms with E-state index in [4.69, 9.17) is 0 Å². The van der Waals surface area contributed by atoms with Crippen LogP contribution in [0.15, 0.2) is 36.5 Å². The zero-order valence-corrected chi connectivity index (χ0v) is 9.19. The predicted octanol–water partition coefficient (Wildman–Crippen LogP) is 2.65. The van der Waals surface area contributed by atoms with E-state index in [9.17, 15) is 5.11 Å². The molecule has 0 saturated heterocycles. The van der Waals surface area contributed by atoms with E-state index < -0.39 is 0 Å². The van der Waals surface area contributed by atoms with Gasteiger partial charge in [-0.05, 0) is 24.3 Å². The van der Waals surface area contributed by atoms with Gasteiger partial charge < -0.3 is 5.11 Å². The molecule has 2 heteroatoms. The van der Waals surface area contributed by atoms with Gasteiger partial charge in [0, 0.05) is 17.0 Å². The lowest BCUT2D eigenvalue weighted by atomic mass is 9.66. The van der Waals surface area contributed by atoms with Gasteiger partial charge in [0.05, 0.1) is 12.3 Å². The number of nitrogens with zero attached hydrogens (tertiary/aromatic N) is 1. The van der Waals surface area contributed by atoms with Gasteiger partial charge in [-0.1, -0.05) is 30.7 Å². The Morgan fingerprint density at radius 1 is 1.19 bits per heavy atom. The Balaban J connectivity index is 2.23. The number of hydrogen-bond donors (Lipinski definition) is 1. The van der Waals surface area contributed by atoms with Crippen molar-refractivity contribution in [1.82, 2.24) is 4.98 Å². The molecule has 0 aliphatic heterocycles. The topological polar surface area (TPSA) is 33.1 Å². The Bertz CT molecular complexity index is 506. The Labute approximate surface area is 94.9 Å². The van der Waals surface area contributed by atoms with Gasteiger partial charge in [-0.2, -0.15) is 0 Å². The average Bonchev–Trinajstić information content (AvgIpc) is 2.29. The van der Waals surface area contributed by atoms with Crippen molar-refractivity contribution >= 4 is 10.8 Å². The summed E-state index contributed by atoms with van der Waals surface area (Å²) in [6.45, 7) is 0.216. The van der Waals surface area contributed by atoms with Crippen molar-refractivity contribution < 1.29 is 5.11 Å². The van der Waals surface area contributed by atoms with E-state index in [0.29, 0.717) is 0 Å². The van der Waals surface area contributed by atoms with Crippen molar-refractivity contribution in [3.05, 3.63) is 42.2 Å². The monoisotopic (exact) mass is 213 g/mol. The highest BCUT2D eigenvalue weighted by molar-refractivity contribution is 5.85. The third-order valence-corrected chi connectivity index (χ3v) is 3.79. The predicted molar refractivity (Wildman–Crippen MR) is 64.4 cm³/mol. The molecule has 2 aromatic rings. The van der Waals surface area contributed by atoms with E-state index in [1.54, 1.807) is 0 Å². The molecule has 0 bridgehead atoms. The lowest BCUT2D eigenvalue weighted by Crippen LogP contribution is -2.38. The van der Waals surface area contributed by atoms with E-state index in [2.05, 4.69) is 17.1 Å². The largest absolute Gasteiger partial charge is 0.395 e. The molecule has 1 aliphatic rings. The quantitative estimate of drug-likeness (QED) is 0.832. The highest BCUT2D eigenvalue weighted by Gasteiger charge is 2.40. The van der Waals surface area contributed by atoms with Gasteiger partial charge in [0.25, 0.3) is 0 Å². The molecule has 1 aromatic carbocycles. The normalized spacial score (nSPS) is 18.3. The minimum absolute atomic E-state index is 0.0686. The van der Waals surface area contributed by atoms with Crippen LogP contribution < -0.4 is 0 Å². The van der Waals surface area contributed by atoms with Gasteiger partial charge in [0.15, 0.2) is 0 Å². The average molecular weight is 213 g/mol. The number of hydrogen-bond acceptors (Lipinski definition) is 2. The van der Waals surface area contributed by atoms with Crippen LogP contribution in [-0.4, -0.2) is 16.7 Å². The van der Waals surface area contributed by atoms with E-state index >= 15 is 0 Å². The minimum Gasteiger partial charge on any atom is -0.395 e. The van der Waals surface area contributed by atoms with Crippen LogP contribution in [0.3, 0.4) is 0 Å². The fraction of sp³-hybridized carbons (Fsp3) is 0.357. The molecule has 0 unspecified atom stereocenters. The van der Waals surface area contributed by atoms with Crippen molar-refractivity contribution in [3.63, 3.8) is 0 Å². The van der Waals surface area contributed by atoms with Gasteiger partial charge in [-0.15, -0.1) is 0 Å². The van der Waals surface area contributed by atoms with Crippen molar-refractivity contribution in [2.45, 2.75) is 24.7 Å². The summed E-state index contributed by atoms with van der Waals surface area (Å²) in [4.78, 5) is 4.51. The summed E-state index contributed by atoms with van der Waals surface area (Å²) < 4.78 is 0. The Hall–Kier alpha value is -1.41. The summed E-state index contributed by atoms with van der Waals surface area (Å²) in [6.07, 6.45) is 5.17. The van der Waals surface area contributed by atoms with Crippen molar-refractivity contribution in [3.8, 4) is 0 Å². The molecule has 0 atom stereocenters. The summed E-state index contributed by atoms with van der Waals surface area (Å²) >= 11 is 0. The van der Waals surface area contributed by atoms with Crippen LogP contribution in [0.5, 0.6) is 0 Å². The molecule has 82 valence electrons. The van der Waals surface area contributed by atoms with E-state index in [1.165, 1.54) is 17.2 Å². The molecule has 16 heavy (non-hydrogen) atoms. The molecule has 3 rings (SSSR count). The maximum Gasteiger partial charge on any atom is 0.0566 e. The third kappa shape index (κ3) is 1.26. The smallest absolute Gasteiger partial charge is 0.0566 e. The summed E-state index contributed by atoms with van der Waals surface area (Å²) in [5.74, 6) is 0.